The molecule has 3 heterocycles. The van der Waals surface area contributed by atoms with E-state index in [9.17, 15) is 9.59 Å². The molecular formula is C35H38ClN3O6S. The van der Waals surface area contributed by atoms with E-state index in [2.05, 4.69) is 15.2 Å². The van der Waals surface area contributed by atoms with Gasteiger partial charge in [0.1, 0.15) is 17.0 Å². The summed E-state index contributed by atoms with van der Waals surface area (Å²) in [5.74, 6) is 0.661. The molecule has 9 nitrogen and oxygen atoms in total. The Labute approximate surface area is 278 Å². The number of aryl methyl sites for hydroxylation is 1. The number of esters is 2. The molecule has 2 aromatic carbocycles. The molecule has 5 rings (SSSR count). The van der Waals surface area contributed by atoms with E-state index in [0.29, 0.717) is 46.9 Å². The number of thiophene rings is 1. The molecule has 1 fully saturated rings. The second-order valence-corrected chi connectivity index (χ2v) is 12.9. The van der Waals surface area contributed by atoms with Crippen molar-refractivity contribution in [3.63, 3.8) is 0 Å². The molecule has 1 aliphatic heterocycles. The highest BCUT2D eigenvalue weighted by molar-refractivity contribution is 7.13. The molecule has 4 aromatic rings. The Morgan fingerprint density at radius 2 is 1.78 bits per heavy atom. The van der Waals surface area contributed by atoms with Crippen molar-refractivity contribution in [1.82, 2.24) is 15.2 Å². The van der Waals surface area contributed by atoms with E-state index >= 15 is 0 Å². The van der Waals surface area contributed by atoms with Gasteiger partial charge in [0.25, 0.3) is 0 Å². The van der Waals surface area contributed by atoms with E-state index in [1.54, 1.807) is 44.8 Å². The van der Waals surface area contributed by atoms with Crippen LogP contribution in [0.5, 0.6) is 11.5 Å². The first kappa shape index (κ1) is 33.4. The second kappa shape index (κ2) is 15.6. The highest BCUT2D eigenvalue weighted by atomic mass is 35.5. The molecule has 0 bridgehead atoms. The maximum Gasteiger partial charge on any atom is 0.348 e. The number of carbonyl (C=O) groups is 2. The number of methoxy groups -OCH3 is 2. The fourth-order valence-electron chi connectivity index (χ4n) is 5.46. The van der Waals surface area contributed by atoms with E-state index in [1.807, 2.05) is 56.4 Å². The first-order chi connectivity index (χ1) is 22.2. The van der Waals surface area contributed by atoms with Crippen LogP contribution in [-0.4, -0.2) is 62.8 Å². The summed E-state index contributed by atoms with van der Waals surface area (Å²) in [6.07, 6.45) is 2.99. The van der Waals surface area contributed by atoms with E-state index < -0.39 is 18.1 Å². The van der Waals surface area contributed by atoms with Gasteiger partial charge in [-0.1, -0.05) is 48.0 Å². The number of likely N-dealkylation sites (tertiary alicyclic amines) is 1. The molecule has 1 saturated heterocycles. The third-order valence-electron chi connectivity index (χ3n) is 7.95. The molecule has 0 radical (unpaired) electrons. The zero-order chi connectivity index (χ0) is 32.6. The highest BCUT2D eigenvalue weighted by Gasteiger charge is 2.28. The standard InChI is InChI=1S/C35H38ClN3O6S/c1-22-16-37-18-28(36)27(22)15-30(25-10-12-29(42-3)31(14-25)43-4)45-34(40)32-13-11-26(46-32)17-38-33(24-8-6-5-7-9-24)35(41)44-21-23-19-39(2)20-23/h5-14,16,18,23,30,33,38H,15,17,19-21H2,1-4H3. The van der Waals surface area contributed by atoms with Crippen molar-refractivity contribution in [2.75, 3.05) is 41.0 Å². The van der Waals surface area contributed by atoms with Crippen LogP contribution >= 0.6 is 22.9 Å². The number of nitrogens with zero attached hydrogens (tertiary/aromatic N) is 2. The van der Waals surface area contributed by atoms with Gasteiger partial charge in [0.05, 0.1) is 25.8 Å². The molecule has 11 heteroatoms. The average Bonchev–Trinajstić information content (AvgIpc) is 3.53. The lowest BCUT2D eigenvalue weighted by atomic mass is 9.98. The van der Waals surface area contributed by atoms with Crippen LogP contribution < -0.4 is 14.8 Å². The Morgan fingerprint density at radius 3 is 2.48 bits per heavy atom. The summed E-state index contributed by atoms with van der Waals surface area (Å²) in [6.45, 7) is 4.53. The van der Waals surface area contributed by atoms with Crippen LogP contribution in [0.2, 0.25) is 5.02 Å². The van der Waals surface area contributed by atoms with Crippen LogP contribution in [-0.2, 0) is 27.2 Å². The predicted octanol–water partition coefficient (Wildman–Crippen LogP) is 6.20. The molecule has 2 atom stereocenters. The van der Waals surface area contributed by atoms with Gasteiger partial charge in [-0.15, -0.1) is 11.3 Å². The van der Waals surface area contributed by atoms with Gasteiger partial charge in [-0.2, -0.15) is 0 Å². The number of carbonyl (C=O) groups excluding carboxylic acids is 2. The Kier molecular flexibility index (Phi) is 11.3. The summed E-state index contributed by atoms with van der Waals surface area (Å²) in [7, 11) is 5.17. The van der Waals surface area contributed by atoms with E-state index in [-0.39, 0.29) is 5.97 Å². The van der Waals surface area contributed by atoms with Gasteiger partial charge < -0.3 is 23.8 Å². The largest absolute Gasteiger partial charge is 0.493 e. The summed E-state index contributed by atoms with van der Waals surface area (Å²) in [4.78, 5) is 34.3. The highest BCUT2D eigenvalue weighted by Crippen LogP contribution is 2.35. The number of hydrogen-bond acceptors (Lipinski definition) is 10. The first-order valence-corrected chi connectivity index (χ1v) is 16.2. The number of halogens is 1. The van der Waals surface area contributed by atoms with Gasteiger partial charge in [0.2, 0.25) is 0 Å². The van der Waals surface area contributed by atoms with Crippen LogP contribution in [0.15, 0.2) is 73.1 Å². The van der Waals surface area contributed by atoms with Gasteiger partial charge in [-0.25, -0.2) is 9.59 Å². The molecule has 0 spiro atoms. The lowest BCUT2D eigenvalue weighted by Crippen LogP contribution is -2.46. The molecule has 1 aliphatic rings. The van der Waals surface area contributed by atoms with Gasteiger partial charge >= 0.3 is 11.9 Å². The molecule has 2 unspecified atom stereocenters. The Hall–Kier alpha value is -3.96. The quantitative estimate of drug-likeness (QED) is 0.158. The summed E-state index contributed by atoms with van der Waals surface area (Å²) >= 11 is 7.82. The molecule has 0 aliphatic carbocycles. The lowest BCUT2D eigenvalue weighted by Gasteiger charge is -2.35. The van der Waals surface area contributed by atoms with Crippen LogP contribution in [0.25, 0.3) is 0 Å². The summed E-state index contributed by atoms with van der Waals surface area (Å²) < 4.78 is 22.7. The normalized spacial score (nSPS) is 14.6. The molecule has 1 N–H and O–H groups in total. The zero-order valence-corrected chi connectivity index (χ0v) is 27.9. The SMILES string of the molecule is COc1ccc(C(Cc2c(C)cncc2Cl)OC(=O)c2ccc(CNC(C(=O)OCC3CN(C)C3)c3ccccc3)s2)cc1OC. The second-order valence-electron chi connectivity index (χ2n) is 11.3. The Morgan fingerprint density at radius 1 is 1.02 bits per heavy atom. The molecule has 0 amide bonds. The summed E-state index contributed by atoms with van der Waals surface area (Å²) in [5, 5.41) is 3.83. The minimum atomic E-state index is -0.665. The zero-order valence-electron chi connectivity index (χ0n) is 26.3. The number of hydrogen-bond donors (Lipinski definition) is 1. The van der Waals surface area contributed by atoms with Gasteiger partial charge in [0.15, 0.2) is 11.5 Å². The van der Waals surface area contributed by atoms with Gasteiger partial charge in [-0.3, -0.25) is 10.3 Å². The van der Waals surface area contributed by atoms with Gasteiger partial charge in [0, 0.05) is 49.2 Å². The fourth-order valence-corrected chi connectivity index (χ4v) is 6.58. The van der Waals surface area contributed by atoms with Crippen LogP contribution in [0, 0.1) is 12.8 Å². The lowest BCUT2D eigenvalue weighted by molar-refractivity contribution is -0.149. The van der Waals surface area contributed by atoms with Crippen molar-refractivity contribution in [3.8, 4) is 11.5 Å². The number of ether oxygens (including phenoxy) is 4. The minimum absolute atomic E-state index is 0.320. The van der Waals surface area contributed by atoms with E-state index in [4.69, 9.17) is 30.5 Å². The number of nitrogens with one attached hydrogen (secondary N) is 1. The monoisotopic (exact) mass is 663 g/mol. The van der Waals surface area contributed by atoms with Crippen LogP contribution in [0.4, 0.5) is 0 Å². The number of pyridine rings is 1. The van der Waals surface area contributed by atoms with Crippen molar-refractivity contribution in [2.24, 2.45) is 5.92 Å². The predicted molar refractivity (Wildman–Crippen MR) is 178 cm³/mol. The Balaban J connectivity index is 1.30. The number of rotatable bonds is 14. The molecule has 46 heavy (non-hydrogen) atoms. The molecular weight excluding hydrogens is 626 g/mol. The van der Waals surface area contributed by atoms with Crippen LogP contribution in [0.3, 0.4) is 0 Å². The summed E-state index contributed by atoms with van der Waals surface area (Å²) in [6, 6.07) is 17.9. The van der Waals surface area contributed by atoms with E-state index in [1.165, 1.54) is 11.3 Å². The molecule has 2 aromatic heterocycles. The van der Waals surface area contributed by atoms with Crippen molar-refractivity contribution >= 4 is 34.9 Å². The topological polar surface area (TPSA) is 99.2 Å². The van der Waals surface area contributed by atoms with Crippen molar-refractivity contribution in [1.29, 1.82) is 0 Å². The smallest absolute Gasteiger partial charge is 0.348 e. The maximum atomic E-state index is 13.5. The van der Waals surface area contributed by atoms with Crippen molar-refractivity contribution in [3.05, 3.63) is 110 Å². The minimum Gasteiger partial charge on any atom is -0.493 e. The van der Waals surface area contributed by atoms with E-state index in [0.717, 1.165) is 40.2 Å². The fraction of sp³-hybridized carbons (Fsp3) is 0.343. The third-order valence-corrected chi connectivity index (χ3v) is 9.34. The number of benzene rings is 2. The third kappa shape index (κ3) is 8.24. The molecule has 0 saturated carbocycles. The van der Waals surface area contributed by atoms with Crippen LogP contribution in [0.1, 0.15) is 48.9 Å². The van der Waals surface area contributed by atoms with Crippen molar-refractivity contribution < 1.29 is 28.5 Å². The summed E-state index contributed by atoms with van der Waals surface area (Å²) in [5.41, 5.74) is 3.28. The number of aromatic nitrogens is 1. The van der Waals surface area contributed by atoms with Gasteiger partial charge in [-0.05, 0) is 60.5 Å². The Bertz CT molecular complexity index is 1620. The van der Waals surface area contributed by atoms with Crippen molar-refractivity contribution in [2.45, 2.75) is 32.0 Å². The molecule has 242 valence electrons. The first-order valence-electron chi connectivity index (χ1n) is 15.0. The average molecular weight is 664 g/mol. The maximum absolute atomic E-state index is 13.5.